The number of nitrogens with zero attached hydrogens (tertiary/aromatic N) is 1. The fourth-order valence-corrected chi connectivity index (χ4v) is 1.44. The quantitative estimate of drug-likeness (QED) is 0.704. The van der Waals surface area contributed by atoms with Crippen LogP contribution in [-0.2, 0) is 0 Å². The molecular formula is C9H6ClFN2. The first-order chi connectivity index (χ1) is 6.16. The molecule has 0 amide bonds. The van der Waals surface area contributed by atoms with Gasteiger partial charge in [-0.05, 0) is 18.2 Å². The minimum absolute atomic E-state index is 0.350. The van der Waals surface area contributed by atoms with Crippen LogP contribution >= 0.6 is 11.6 Å². The van der Waals surface area contributed by atoms with Gasteiger partial charge in [0.2, 0.25) is 0 Å². The van der Waals surface area contributed by atoms with Crippen LogP contribution in [-0.4, -0.2) is 4.98 Å². The van der Waals surface area contributed by atoms with Crippen molar-refractivity contribution in [1.82, 2.24) is 4.98 Å². The van der Waals surface area contributed by atoms with Gasteiger partial charge in [0.25, 0.3) is 0 Å². The molecule has 1 aromatic carbocycles. The summed E-state index contributed by atoms with van der Waals surface area (Å²) in [6.07, 6.45) is 0. The van der Waals surface area contributed by atoms with E-state index in [0.29, 0.717) is 21.7 Å². The number of hydrogen-bond acceptors (Lipinski definition) is 2. The third-order valence-electron chi connectivity index (χ3n) is 1.74. The topological polar surface area (TPSA) is 38.9 Å². The number of hydrogen-bond donors (Lipinski definition) is 1. The fourth-order valence-electron chi connectivity index (χ4n) is 1.17. The Kier molecular flexibility index (Phi) is 1.81. The number of nitrogens with two attached hydrogens (primary N) is 1. The second-order valence-corrected chi connectivity index (χ2v) is 3.10. The third kappa shape index (κ3) is 1.42. The first-order valence-electron chi connectivity index (χ1n) is 3.68. The molecule has 2 nitrogen and oxygen atoms in total. The van der Waals surface area contributed by atoms with Crippen molar-refractivity contribution in [3.05, 3.63) is 35.1 Å². The van der Waals surface area contributed by atoms with Gasteiger partial charge < -0.3 is 5.73 Å². The predicted octanol–water partition coefficient (Wildman–Crippen LogP) is 2.61. The van der Waals surface area contributed by atoms with Gasteiger partial charge in [-0.2, -0.15) is 0 Å². The van der Waals surface area contributed by atoms with E-state index in [0.717, 1.165) is 0 Å². The van der Waals surface area contributed by atoms with Crippen molar-refractivity contribution >= 4 is 28.3 Å². The summed E-state index contributed by atoms with van der Waals surface area (Å²) in [7, 11) is 0. The Morgan fingerprint density at radius 2 is 2.08 bits per heavy atom. The van der Waals surface area contributed by atoms with Gasteiger partial charge in [-0.3, -0.25) is 0 Å². The van der Waals surface area contributed by atoms with E-state index >= 15 is 0 Å². The van der Waals surface area contributed by atoms with Crippen molar-refractivity contribution in [2.45, 2.75) is 0 Å². The zero-order valence-electron chi connectivity index (χ0n) is 6.59. The number of halogens is 2. The number of anilines is 1. The second kappa shape index (κ2) is 2.85. The summed E-state index contributed by atoms with van der Waals surface area (Å²) in [5.41, 5.74) is 5.92. The molecule has 0 saturated carbocycles. The first-order valence-corrected chi connectivity index (χ1v) is 4.06. The van der Waals surface area contributed by atoms with Crippen molar-refractivity contribution in [3.8, 4) is 0 Å². The maximum absolute atomic E-state index is 12.9. The zero-order valence-corrected chi connectivity index (χ0v) is 7.35. The Morgan fingerprint density at radius 1 is 1.31 bits per heavy atom. The lowest BCUT2D eigenvalue weighted by molar-refractivity contribution is 0.629. The molecule has 0 aliphatic heterocycles. The van der Waals surface area contributed by atoms with Gasteiger partial charge in [0, 0.05) is 11.5 Å². The van der Waals surface area contributed by atoms with Gasteiger partial charge in [-0.15, -0.1) is 0 Å². The van der Waals surface area contributed by atoms with Crippen molar-refractivity contribution < 1.29 is 4.39 Å². The zero-order chi connectivity index (χ0) is 9.42. The SMILES string of the molecule is Nc1ccc2c(Cl)cc(F)cc2n1. The molecule has 0 radical (unpaired) electrons. The summed E-state index contributed by atoms with van der Waals surface area (Å²) in [6, 6.07) is 5.91. The Balaban J connectivity index is 2.86. The van der Waals surface area contributed by atoms with Gasteiger partial charge >= 0.3 is 0 Å². The van der Waals surface area contributed by atoms with Crippen molar-refractivity contribution in [2.24, 2.45) is 0 Å². The van der Waals surface area contributed by atoms with Crippen LogP contribution in [0.5, 0.6) is 0 Å². The molecule has 0 unspecified atom stereocenters. The van der Waals surface area contributed by atoms with E-state index in [1.807, 2.05) is 0 Å². The lowest BCUT2D eigenvalue weighted by Gasteiger charge is -2.00. The molecule has 0 spiro atoms. The van der Waals surface area contributed by atoms with E-state index in [1.54, 1.807) is 12.1 Å². The van der Waals surface area contributed by atoms with Gasteiger partial charge in [0.1, 0.15) is 11.6 Å². The van der Waals surface area contributed by atoms with Crippen LogP contribution in [0.25, 0.3) is 10.9 Å². The van der Waals surface area contributed by atoms with E-state index in [4.69, 9.17) is 17.3 Å². The molecular weight excluding hydrogens is 191 g/mol. The summed E-state index contributed by atoms with van der Waals surface area (Å²) in [4.78, 5) is 3.95. The molecule has 0 aliphatic rings. The largest absolute Gasteiger partial charge is 0.384 e. The molecule has 0 atom stereocenters. The van der Waals surface area contributed by atoms with Crippen LogP contribution in [0, 0.1) is 5.82 Å². The Labute approximate surface area is 79.1 Å². The maximum atomic E-state index is 12.9. The van der Waals surface area contributed by atoms with Gasteiger partial charge in [0.05, 0.1) is 10.5 Å². The van der Waals surface area contributed by atoms with E-state index in [9.17, 15) is 4.39 Å². The number of rotatable bonds is 0. The lowest BCUT2D eigenvalue weighted by atomic mass is 10.2. The number of fused-ring (bicyclic) bond motifs is 1. The minimum Gasteiger partial charge on any atom is -0.384 e. The Hall–Kier alpha value is -1.35. The maximum Gasteiger partial charge on any atom is 0.126 e. The molecule has 0 aliphatic carbocycles. The second-order valence-electron chi connectivity index (χ2n) is 2.69. The van der Waals surface area contributed by atoms with Crippen LogP contribution < -0.4 is 5.73 Å². The number of benzene rings is 1. The van der Waals surface area contributed by atoms with E-state index in [1.165, 1.54) is 12.1 Å². The van der Waals surface area contributed by atoms with Crippen molar-refractivity contribution in [2.75, 3.05) is 5.73 Å². The van der Waals surface area contributed by atoms with Crippen molar-refractivity contribution in [3.63, 3.8) is 0 Å². The van der Waals surface area contributed by atoms with Crippen LogP contribution in [0.4, 0.5) is 10.2 Å². The smallest absolute Gasteiger partial charge is 0.126 e. The molecule has 0 bridgehead atoms. The summed E-state index contributed by atoms with van der Waals surface area (Å²) < 4.78 is 12.9. The summed E-state index contributed by atoms with van der Waals surface area (Å²) in [5, 5.41) is 1.06. The molecule has 4 heteroatoms. The number of pyridine rings is 1. The first kappa shape index (κ1) is 8.26. The fraction of sp³-hybridized carbons (Fsp3) is 0. The third-order valence-corrected chi connectivity index (χ3v) is 2.06. The molecule has 1 aromatic heterocycles. The van der Waals surface area contributed by atoms with Crippen molar-refractivity contribution in [1.29, 1.82) is 0 Å². The Bertz CT molecular complexity index is 465. The highest BCUT2D eigenvalue weighted by molar-refractivity contribution is 6.35. The molecule has 66 valence electrons. The van der Waals surface area contributed by atoms with E-state index in [2.05, 4.69) is 4.98 Å². The van der Waals surface area contributed by atoms with E-state index < -0.39 is 5.82 Å². The minimum atomic E-state index is -0.407. The molecule has 2 rings (SSSR count). The lowest BCUT2D eigenvalue weighted by Crippen LogP contribution is -1.90. The standard InChI is InChI=1S/C9H6ClFN2/c10-7-3-5(11)4-8-6(7)1-2-9(12)13-8/h1-4H,(H2,12,13). The van der Waals surface area contributed by atoms with E-state index in [-0.39, 0.29) is 0 Å². The average Bonchev–Trinajstić information content (AvgIpc) is 2.02. The van der Waals surface area contributed by atoms with Crippen LogP contribution in [0.2, 0.25) is 5.02 Å². The van der Waals surface area contributed by atoms with Crippen LogP contribution in [0.3, 0.4) is 0 Å². The molecule has 0 fully saturated rings. The number of aromatic nitrogens is 1. The summed E-state index contributed by atoms with van der Waals surface area (Å²) in [5.74, 6) is -0.0511. The molecule has 2 N–H and O–H groups in total. The van der Waals surface area contributed by atoms with Gasteiger partial charge in [-0.25, -0.2) is 9.37 Å². The Morgan fingerprint density at radius 3 is 2.85 bits per heavy atom. The highest BCUT2D eigenvalue weighted by Crippen LogP contribution is 2.24. The average molecular weight is 197 g/mol. The monoisotopic (exact) mass is 196 g/mol. The molecule has 2 aromatic rings. The molecule has 0 saturated heterocycles. The summed E-state index contributed by atoms with van der Waals surface area (Å²) in [6.45, 7) is 0. The van der Waals surface area contributed by atoms with Gasteiger partial charge in [-0.1, -0.05) is 11.6 Å². The molecule has 13 heavy (non-hydrogen) atoms. The van der Waals surface area contributed by atoms with Gasteiger partial charge in [0.15, 0.2) is 0 Å². The normalized spacial score (nSPS) is 10.6. The van der Waals surface area contributed by atoms with Crippen LogP contribution in [0.1, 0.15) is 0 Å². The predicted molar refractivity (Wildman–Crippen MR) is 51.1 cm³/mol. The number of nitrogen functional groups attached to an aromatic ring is 1. The molecule has 1 heterocycles. The summed E-state index contributed by atoms with van der Waals surface area (Å²) >= 11 is 5.79. The van der Waals surface area contributed by atoms with Crippen LogP contribution in [0.15, 0.2) is 24.3 Å². The highest BCUT2D eigenvalue weighted by atomic mass is 35.5. The highest BCUT2D eigenvalue weighted by Gasteiger charge is 2.03.